The Balaban J connectivity index is 1.69. The molecular formula is C21H26O3. The van der Waals surface area contributed by atoms with Crippen molar-refractivity contribution in [1.29, 1.82) is 0 Å². The first kappa shape index (κ1) is 16.8. The van der Waals surface area contributed by atoms with Crippen LogP contribution in [-0.2, 0) is 16.0 Å². The quantitative estimate of drug-likeness (QED) is 0.733. The van der Waals surface area contributed by atoms with Crippen LogP contribution in [0, 0.1) is 5.92 Å². The molecule has 0 saturated heterocycles. The highest BCUT2D eigenvalue weighted by atomic mass is 16.5. The predicted octanol–water partition coefficient (Wildman–Crippen LogP) is 4.90. The van der Waals surface area contributed by atoms with Crippen LogP contribution in [0.3, 0.4) is 0 Å². The SMILES string of the molecule is CCOC(=O)Cc1ccc2cc(OC3CCC(C)CC3)ccc2c1. The first-order chi connectivity index (χ1) is 11.6. The largest absolute Gasteiger partial charge is 0.490 e. The maximum Gasteiger partial charge on any atom is 0.310 e. The lowest BCUT2D eigenvalue weighted by Crippen LogP contribution is -2.22. The van der Waals surface area contributed by atoms with Crippen LogP contribution in [0.2, 0.25) is 0 Å². The fraction of sp³-hybridized carbons (Fsp3) is 0.476. The van der Waals surface area contributed by atoms with Gasteiger partial charge in [0.25, 0.3) is 0 Å². The molecule has 0 aliphatic heterocycles. The molecule has 0 atom stereocenters. The Kier molecular flexibility index (Phi) is 5.39. The zero-order valence-corrected chi connectivity index (χ0v) is 14.6. The molecule has 0 aromatic heterocycles. The summed E-state index contributed by atoms with van der Waals surface area (Å²) >= 11 is 0. The average molecular weight is 326 g/mol. The van der Waals surface area contributed by atoms with E-state index in [9.17, 15) is 4.79 Å². The number of hydrogen-bond acceptors (Lipinski definition) is 3. The number of ether oxygens (including phenoxy) is 2. The smallest absolute Gasteiger partial charge is 0.310 e. The molecule has 2 aromatic carbocycles. The van der Waals surface area contributed by atoms with Crippen molar-refractivity contribution in [1.82, 2.24) is 0 Å². The maximum absolute atomic E-state index is 11.6. The molecule has 1 aliphatic carbocycles. The van der Waals surface area contributed by atoms with Gasteiger partial charge in [0, 0.05) is 0 Å². The van der Waals surface area contributed by atoms with Crippen molar-refractivity contribution in [2.75, 3.05) is 6.61 Å². The Labute approximate surface area is 144 Å². The Morgan fingerprint density at radius 2 is 1.75 bits per heavy atom. The van der Waals surface area contributed by atoms with E-state index in [1.807, 2.05) is 19.1 Å². The lowest BCUT2D eigenvalue weighted by atomic mass is 9.89. The molecule has 0 radical (unpaired) electrons. The van der Waals surface area contributed by atoms with Gasteiger partial charge >= 0.3 is 5.97 Å². The van der Waals surface area contributed by atoms with E-state index in [1.54, 1.807) is 0 Å². The zero-order valence-electron chi connectivity index (χ0n) is 14.6. The van der Waals surface area contributed by atoms with Crippen molar-refractivity contribution >= 4 is 16.7 Å². The van der Waals surface area contributed by atoms with E-state index < -0.39 is 0 Å². The average Bonchev–Trinajstić information content (AvgIpc) is 2.57. The van der Waals surface area contributed by atoms with E-state index in [0.717, 1.165) is 40.8 Å². The summed E-state index contributed by atoms with van der Waals surface area (Å²) in [5.74, 6) is 1.60. The molecule has 1 fully saturated rings. The third-order valence-corrected chi connectivity index (χ3v) is 4.80. The normalized spacial score (nSPS) is 20.8. The molecule has 0 heterocycles. The standard InChI is InChI=1S/C21H26O3/c1-3-23-21(22)13-16-6-7-18-14-20(11-8-17(18)12-16)24-19-9-4-15(2)5-10-19/h6-8,11-12,14-15,19H,3-5,9-10,13H2,1-2H3. The Morgan fingerprint density at radius 1 is 1.04 bits per heavy atom. The zero-order chi connectivity index (χ0) is 16.9. The summed E-state index contributed by atoms with van der Waals surface area (Å²) in [6.07, 6.45) is 5.49. The fourth-order valence-electron chi connectivity index (χ4n) is 3.38. The lowest BCUT2D eigenvalue weighted by Gasteiger charge is -2.27. The summed E-state index contributed by atoms with van der Waals surface area (Å²) in [6, 6.07) is 12.3. The van der Waals surface area contributed by atoms with Crippen molar-refractivity contribution in [2.24, 2.45) is 5.92 Å². The van der Waals surface area contributed by atoms with E-state index in [-0.39, 0.29) is 5.97 Å². The van der Waals surface area contributed by atoms with Crippen LogP contribution < -0.4 is 4.74 Å². The highest BCUT2D eigenvalue weighted by molar-refractivity contribution is 5.85. The molecule has 128 valence electrons. The van der Waals surface area contributed by atoms with E-state index in [0.29, 0.717) is 19.1 Å². The van der Waals surface area contributed by atoms with E-state index in [2.05, 4.69) is 31.2 Å². The van der Waals surface area contributed by atoms with Crippen LogP contribution in [-0.4, -0.2) is 18.7 Å². The van der Waals surface area contributed by atoms with E-state index in [4.69, 9.17) is 9.47 Å². The minimum atomic E-state index is -0.177. The molecule has 3 heteroatoms. The Morgan fingerprint density at radius 3 is 2.50 bits per heavy atom. The molecule has 0 spiro atoms. The summed E-state index contributed by atoms with van der Waals surface area (Å²) in [5, 5.41) is 2.27. The fourth-order valence-corrected chi connectivity index (χ4v) is 3.38. The van der Waals surface area contributed by atoms with Crippen molar-refractivity contribution in [2.45, 2.75) is 52.1 Å². The van der Waals surface area contributed by atoms with Crippen LogP contribution in [0.15, 0.2) is 36.4 Å². The van der Waals surface area contributed by atoms with Gasteiger partial charge < -0.3 is 9.47 Å². The van der Waals surface area contributed by atoms with Gasteiger partial charge in [-0.05, 0) is 67.0 Å². The van der Waals surface area contributed by atoms with E-state index in [1.165, 1.54) is 12.8 Å². The number of carbonyl (C=O) groups excluding carboxylic acids is 1. The Hall–Kier alpha value is -2.03. The van der Waals surface area contributed by atoms with Crippen molar-refractivity contribution < 1.29 is 14.3 Å². The molecule has 2 aromatic rings. The van der Waals surface area contributed by atoms with Crippen LogP contribution in [0.4, 0.5) is 0 Å². The maximum atomic E-state index is 11.6. The number of fused-ring (bicyclic) bond motifs is 1. The second-order valence-electron chi connectivity index (χ2n) is 6.82. The molecule has 0 N–H and O–H groups in total. The third kappa shape index (κ3) is 4.28. The number of esters is 1. The Bertz CT molecular complexity index is 699. The third-order valence-electron chi connectivity index (χ3n) is 4.80. The first-order valence-electron chi connectivity index (χ1n) is 8.99. The van der Waals surface area contributed by atoms with Crippen molar-refractivity contribution in [3.8, 4) is 5.75 Å². The topological polar surface area (TPSA) is 35.5 Å². The van der Waals surface area contributed by atoms with Gasteiger partial charge in [0.1, 0.15) is 5.75 Å². The molecule has 1 saturated carbocycles. The van der Waals surface area contributed by atoms with Crippen LogP contribution >= 0.6 is 0 Å². The monoisotopic (exact) mass is 326 g/mol. The summed E-state index contributed by atoms with van der Waals surface area (Å²) in [5.41, 5.74) is 0.982. The minimum absolute atomic E-state index is 0.177. The highest BCUT2D eigenvalue weighted by Gasteiger charge is 2.19. The number of benzene rings is 2. The number of carbonyl (C=O) groups is 1. The predicted molar refractivity (Wildman–Crippen MR) is 96.3 cm³/mol. The van der Waals surface area contributed by atoms with Gasteiger partial charge in [-0.25, -0.2) is 0 Å². The molecule has 0 bridgehead atoms. The number of hydrogen-bond donors (Lipinski definition) is 0. The van der Waals surface area contributed by atoms with Gasteiger partial charge in [0.15, 0.2) is 0 Å². The summed E-state index contributed by atoms with van der Waals surface area (Å²) in [7, 11) is 0. The van der Waals surface area contributed by atoms with Crippen LogP contribution in [0.5, 0.6) is 5.75 Å². The molecule has 3 rings (SSSR count). The van der Waals surface area contributed by atoms with Gasteiger partial charge in [-0.1, -0.05) is 31.2 Å². The molecule has 0 amide bonds. The molecule has 24 heavy (non-hydrogen) atoms. The second-order valence-corrected chi connectivity index (χ2v) is 6.82. The van der Waals surface area contributed by atoms with Crippen LogP contribution in [0.1, 0.15) is 45.1 Å². The minimum Gasteiger partial charge on any atom is -0.490 e. The lowest BCUT2D eigenvalue weighted by molar-refractivity contribution is -0.142. The first-order valence-corrected chi connectivity index (χ1v) is 8.99. The van der Waals surface area contributed by atoms with Gasteiger partial charge in [-0.15, -0.1) is 0 Å². The number of rotatable bonds is 5. The summed E-state index contributed by atoms with van der Waals surface area (Å²) in [6.45, 7) is 4.57. The van der Waals surface area contributed by atoms with Gasteiger partial charge in [0.05, 0.1) is 19.1 Å². The highest BCUT2D eigenvalue weighted by Crippen LogP contribution is 2.29. The molecular weight excluding hydrogens is 300 g/mol. The van der Waals surface area contributed by atoms with Crippen molar-refractivity contribution in [3.05, 3.63) is 42.0 Å². The van der Waals surface area contributed by atoms with E-state index >= 15 is 0 Å². The van der Waals surface area contributed by atoms with Gasteiger partial charge in [-0.3, -0.25) is 4.79 Å². The van der Waals surface area contributed by atoms with Gasteiger partial charge in [0.2, 0.25) is 0 Å². The molecule has 0 unspecified atom stereocenters. The van der Waals surface area contributed by atoms with Crippen molar-refractivity contribution in [3.63, 3.8) is 0 Å². The van der Waals surface area contributed by atoms with Gasteiger partial charge in [-0.2, -0.15) is 0 Å². The molecule has 1 aliphatic rings. The second kappa shape index (κ2) is 7.69. The van der Waals surface area contributed by atoms with Crippen LogP contribution in [0.25, 0.3) is 10.8 Å². The summed E-state index contributed by atoms with van der Waals surface area (Å²) < 4.78 is 11.2. The summed E-state index contributed by atoms with van der Waals surface area (Å²) in [4.78, 5) is 11.6. The molecule has 3 nitrogen and oxygen atoms in total.